The Balaban J connectivity index is 1.85. The predicted octanol–water partition coefficient (Wildman–Crippen LogP) is 5.42. The number of aryl methyl sites for hydroxylation is 1. The molecule has 0 bridgehead atoms. The number of ether oxygens (including phenoxy) is 1. The fourth-order valence-electron chi connectivity index (χ4n) is 2.61. The van der Waals surface area contributed by atoms with Gasteiger partial charge in [-0.2, -0.15) is 0 Å². The van der Waals surface area contributed by atoms with E-state index in [9.17, 15) is 10.1 Å². The molecule has 3 aromatic heterocycles. The molecule has 0 N–H and O–H groups in total. The summed E-state index contributed by atoms with van der Waals surface area (Å²) in [5.74, 6) is -0.0937. The summed E-state index contributed by atoms with van der Waals surface area (Å²) in [5, 5.41) is 14.6. The van der Waals surface area contributed by atoms with Crippen molar-refractivity contribution in [3.8, 4) is 22.8 Å². The minimum Gasteiger partial charge on any atom is -0.429 e. The van der Waals surface area contributed by atoms with E-state index >= 15 is 0 Å². The van der Waals surface area contributed by atoms with E-state index in [1.165, 1.54) is 23.7 Å². The SMILES string of the molecule is Cc1ccc(Oc2ncnc3scc(-c4ccc(Cl)cc4)c23)c([N+](=O)[O-])n1. The maximum absolute atomic E-state index is 11.3. The Hall–Kier alpha value is -3.10. The highest BCUT2D eigenvalue weighted by molar-refractivity contribution is 7.17. The first-order valence-corrected chi connectivity index (χ1v) is 9.06. The fourth-order valence-corrected chi connectivity index (χ4v) is 3.64. The van der Waals surface area contributed by atoms with Gasteiger partial charge in [-0.25, -0.2) is 9.97 Å². The number of benzene rings is 1. The summed E-state index contributed by atoms with van der Waals surface area (Å²) in [6.07, 6.45) is 1.37. The zero-order valence-corrected chi connectivity index (χ0v) is 15.5. The average Bonchev–Trinajstić information content (AvgIpc) is 3.09. The Kier molecular flexibility index (Phi) is 4.43. The van der Waals surface area contributed by atoms with Crippen LogP contribution in [0.15, 0.2) is 48.1 Å². The summed E-state index contributed by atoms with van der Waals surface area (Å²) in [5.41, 5.74) is 2.31. The third kappa shape index (κ3) is 3.32. The molecular weight excluding hydrogens is 388 g/mol. The standard InChI is InChI=1S/C18H11ClN4O3S/c1-10-2-7-14(16(22-10)23(24)25)26-17-15-13(8-27-18(15)21-9-20-17)11-3-5-12(19)6-4-11/h2-9H,1H3. The number of hydrogen-bond donors (Lipinski definition) is 0. The van der Waals surface area contributed by atoms with Crippen molar-refractivity contribution in [2.75, 3.05) is 0 Å². The first kappa shape index (κ1) is 17.3. The number of pyridine rings is 1. The zero-order chi connectivity index (χ0) is 19.0. The summed E-state index contributed by atoms with van der Waals surface area (Å²) < 4.78 is 5.81. The first-order valence-electron chi connectivity index (χ1n) is 7.81. The summed E-state index contributed by atoms with van der Waals surface area (Å²) in [4.78, 5) is 23.9. The van der Waals surface area contributed by atoms with Crippen LogP contribution in [-0.4, -0.2) is 19.9 Å². The molecule has 0 radical (unpaired) electrons. The van der Waals surface area contributed by atoms with Gasteiger partial charge in [-0.05, 0) is 39.7 Å². The maximum atomic E-state index is 11.3. The molecule has 0 aliphatic carbocycles. The van der Waals surface area contributed by atoms with Crippen molar-refractivity contribution in [1.29, 1.82) is 0 Å². The van der Waals surface area contributed by atoms with Gasteiger partial charge in [0.05, 0.1) is 5.39 Å². The lowest BCUT2D eigenvalue weighted by atomic mass is 10.1. The van der Waals surface area contributed by atoms with Crippen molar-refractivity contribution < 1.29 is 9.66 Å². The number of nitrogens with zero attached hydrogens (tertiary/aromatic N) is 4. The van der Waals surface area contributed by atoms with E-state index < -0.39 is 4.92 Å². The highest BCUT2D eigenvalue weighted by Crippen LogP contribution is 2.40. The molecule has 0 unspecified atom stereocenters. The van der Waals surface area contributed by atoms with Crippen molar-refractivity contribution in [1.82, 2.24) is 15.0 Å². The smallest absolute Gasteiger partial charge is 0.407 e. The highest BCUT2D eigenvalue weighted by Gasteiger charge is 2.21. The van der Waals surface area contributed by atoms with Gasteiger partial charge < -0.3 is 14.9 Å². The maximum Gasteiger partial charge on any atom is 0.407 e. The Morgan fingerprint density at radius 2 is 1.93 bits per heavy atom. The van der Waals surface area contributed by atoms with E-state index in [2.05, 4.69) is 15.0 Å². The van der Waals surface area contributed by atoms with Gasteiger partial charge in [0.2, 0.25) is 11.6 Å². The van der Waals surface area contributed by atoms with E-state index in [1.54, 1.807) is 25.1 Å². The number of hydrogen-bond acceptors (Lipinski definition) is 7. The Morgan fingerprint density at radius 3 is 2.67 bits per heavy atom. The largest absolute Gasteiger partial charge is 0.429 e. The summed E-state index contributed by atoms with van der Waals surface area (Å²) in [7, 11) is 0. The highest BCUT2D eigenvalue weighted by atomic mass is 35.5. The third-order valence-corrected chi connectivity index (χ3v) is 4.99. The summed E-state index contributed by atoms with van der Waals surface area (Å²) in [6, 6.07) is 10.5. The van der Waals surface area contributed by atoms with Crippen LogP contribution < -0.4 is 4.74 Å². The van der Waals surface area contributed by atoms with Crippen LogP contribution >= 0.6 is 22.9 Å². The summed E-state index contributed by atoms with van der Waals surface area (Å²) >= 11 is 7.41. The van der Waals surface area contributed by atoms with Gasteiger partial charge in [-0.15, -0.1) is 11.3 Å². The lowest BCUT2D eigenvalue weighted by molar-refractivity contribution is -0.390. The number of nitro groups is 1. The minimum absolute atomic E-state index is 0.0267. The zero-order valence-electron chi connectivity index (χ0n) is 13.9. The molecule has 0 saturated heterocycles. The average molecular weight is 399 g/mol. The molecule has 0 aliphatic heterocycles. The van der Waals surface area contributed by atoms with Gasteiger partial charge in [0.1, 0.15) is 16.9 Å². The Morgan fingerprint density at radius 1 is 1.15 bits per heavy atom. The van der Waals surface area contributed by atoms with Crippen molar-refractivity contribution in [2.24, 2.45) is 0 Å². The molecule has 27 heavy (non-hydrogen) atoms. The molecule has 3 heterocycles. The topological polar surface area (TPSA) is 91.0 Å². The van der Waals surface area contributed by atoms with E-state index in [-0.39, 0.29) is 17.4 Å². The van der Waals surface area contributed by atoms with Crippen LogP contribution in [0.25, 0.3) is 21.3 Å². The molecular formula is C18H11ClN4O3S. The van der Waals surface area contributed by atoms with Gasteiger partial charge in [-0.1, -0.05) is 23.7 Å². The molecule has 0 saturated carbocycles. The van der Waals surface area contributed by atoms with Crippen molar-refractivity contribution >= 4 is 39.0 Å². The van der Waals surface area contributed by atoms with Crippen LogP contribution in [-0.2, 0) is 0 Å². The predicted molar refractivity (Wildman–Crippen MR) is 104 cm³/mol. The van der Waals surface area contributed by atoms with Crippen LogP contribution in [0, 0.1) is 17.0 Å². The van der Waals surface area contributed by atoms with E-state index in [4.69, 9.17) is 16.3 Å². The minimum atomic E-state index is -0.575. The molecule has 9 heteroatoms. The Labute approximate surface area is 162 Å². The van der Waals surface area contributed by atoms with E-state index in [0.717, 1.165) is 11.1 Å². The van der Waals surface area contributed by atoms with Gasteiger partial charge in [0, 0.05) is 22.9 Å². The van der Waals surface area contributed by atoms with Gasteiger partial charge in [-0.3, -0.25) is 0 Å². The van der Waals surface area contributed by atoms with E-state index in [1.807, 2.05) is 17.5 Å². The molecule has 0 atom stereocenters. The second-order valence-electron chi connectivity index (χ2n) is 5.65. The van der Waals surface area contributed by atoms with Crippen molar-refractivity contribution in [3.05, 3.63) is 68.9 Å². The number of fused-ring (bicyclic) bond motifs is 1. The lowest BCUT2D eigenvalue weighted by Crippen LogP contribution is -1.99. The van der Waals surface area contributed by atoms with Gasteiger partial charge in [0.15, 0.2) is 0 Å². The third-order valence-electron chi connectivity index (χ3n) is 3.85. The van der Waals surface area contributed by atoms with Gasteiger partial charge >= 0.3 is 5.82 Å². The molecule has 4 rings (SSSR count). The molecule has 0 fully saturated rings. The normalized spacial score (nSPS) is 10.9. The first-order chi connectivity index (χ1) is 13.0. The monoisotopic (exact) mass is 398 g/mol. The van der Waals surface area contributed by atoms with Crippen LogP contribution in [0.1, 0.15) is 5.69 Å². The lowest BCUT2D eigenvalue weighted by Gasteiger charge is -2.08. The Bertz CT molecular complexity index is 1160. The second-order valence-corrected chi connectivity index (χ2v) is 6.94. The van der Waals surface area contributed by atoms with Crippen LogP contribution in [0.4, 0.5) is 5.82 Å². The van der Waals surface area contributed by atoms with Gasteiger partial charge in [0.25, 0.3) is 0 Å². The van der Waals surface area contributed by atoms with Crippen molar-refractivity contribution in [2.45, 2.75) is 6.92 Å². The molecule has 0 aliphatic rings. The molecule has 0 amide bonds. The number of aromatic nitrogens is 3. The van der Waals surface area contributed by atoms with Crippen LogP contribution in [0.2, 0.25) is 5.02 Å². The molecule has 7 nitrogen and oxygen atoms in total. The second kappa shape index (κ2) is 6.90. The van der Waals surface area contributed by atoms with Crippen molar-refractivity contribution in [3.63, 3.8) is 0 Å². The molecule has 1 aromatic carbocycles. The summed E-state index contributed by atoms with van der Waals surface area (Å²) in [6.45, 7) is 1.68. The molecule has 4 aromatic rings. The molecule has 134 valence electrons. The quantitative estimate of drug-likeness (QED) is 0.337. The number of rotatable bonds is 4. The molecule has 0 spiro atoms. The number of halogens is 1. The van der Waals surface area contributed by atoms with E-state index in [0.29, 0.717) is 20.9 Å². The number of thiophene rings is 1. The van der Waals surface area contributed by atoms with Crippen LogP contribution in [0.5, 0.6) is 11.6 Å². The fraction of sp³-hybridized carbons (Fsp3) is 0.0556. The van der Waals surface area contributed by atoms with Crippen LogP contribution in [0.3, 0.4) is 0 Å².